The molecule has 0 N–H and O–H groups in total. The van der Waals surface area contributed by atoms with Crippen molar-refractivity contribution < 1.29 is 0 Å². The Hall–Kier alpha value is 0.714. The van der Waals surface area contributed by atoms with E-state index in [1.807, 2.05) is 35.3 Å². The first-order valence-corrected chi connectivity index (χ1v) is 3.33. The molecule has 0 bridgehead atoms. The van der Waals surface area contributed by atoms with Crippen LogP contribution in [0.25, 0.3) is 0 Å². The Morgan fingerprint density at radius 3 is 1.00 bits per heavy atom. The van der Waals surface area contributed by atoms with Gasteiger partial charge in [0.2, 0.25) is 0 Å². The molecule has 0 aliphatic rings. The molecule has 0 spiro atoms. The third-order valence-corrected chi connectivity index (χ3v) is 0.889. The molecule has 0 heterocycles. The third kappa shape index (κ3) is 10.7. The molecule has 0 nitrogen and oxygen atoms in total. The van der Waals surface area contributed by atoms with Crippen molar-refractivity contribution in [3.63, 3.8) is 0 Å². The van der Waals surface area contributed by atoms with E-state index in [1.54, 1.807) is 14.1 Å². The van der Waals surface area contributed by atoms with Gasteiger partial charge in [-0.3, -0.25) is 0 Å². The highest BCUT2D eigenvalue weighted by Crippen LogP contribution is 1.56. The monoisotopic (exact) mass is 121 g/mol. The van der Waals surface area contributed by atoms with Crippen LogP contribution in [0, 0.1) is 0 Å². The first-order valence-electron chi connectivity index (χ1n) is 3.33. The molecule has 0 amide bonds. The zero-order valence-corrected chi connectivity index (χ0v) is 6.35. The minimum absolute atomic E-state index is 1.48. The van der Waals surface area contributed by atoms with Crippen molar-refractivity contribution in [3.05, 3.63) is 0 Å². The first kappa shape index (κ1) is 11.7. The van der Waals surface area contributed by atoms with E-state index in [1.165, 1.54) is 14.1 Å². The van der Waals surface area contributed by atoms with Crippen LogP contribution < -0.4 is 0 Å². The molecule has 33 valence electrons. The number of hydrogen-bond acceptors (Lipinski definition) is 0. The summed E-state index contributed by atoms with van der Waals surface area (Å²) in [6.07, 6.45) is 0. The van der Waals surface area contributed by atoms with Crippen LogP contribution in [0.1, 0.15) is 0 Å². The van der Waals surface area contributed by atoms with Crippen molar-refractivity contribution in [2.45, 2.75) is 0 Å². The molecule has 11 heteroatoms. The first-order chi connectivity index (χ1) is 5.41. The highest BCUT2D eigenvalue weighted by molar-refractivity contribution is 7.69. The van der Waals surface area contributed by atoms with Crippen molar-refractivity contribution in [2.24, 2.45) is 0 Å². The maximum absolute atomic E-state index is 5.10. The summed E-state index contributed by atoms with van der Waals surface area (Å²) in [6, 6.07) is 0. The van der Waals surface area contributed by atoms with Gasteiger partial charge in [0.15, 0.2) is 0 Å². The second-order valence-electron chi connectivity index (χ2n) is 1.73. The van der Waals surface area contributed by atoms with Crippen molar-refractivity contribution in [1.82, 2.24) is 0 Å². The van der Waals surface area contributed by atoms with E-state index in [2.05, 4.69) is 0 Å². The van der Waals surface area contributed by atoms with Crippen LogP contribution >= 0.6 is 0 Å². The van der Waals surface area contributed by atoms with E-state index < -0.39 is 0 Å². The SMILES string of the molecule is [B][B][B][B][B][B][B][B][B][B][B]. The molecule has 0 unspecified atom stereocenters. The molecular formula is B11. The molecule has 0 saturated carbocycles. The Morgan fingerprint density at radius 2 is 0.727 bits per heavy atom. The minimum atomic E-state index is 1.48. The van der Waals surface area contributed by atoms with Gasteiger partial charge in [0.1, 0.15) is 0 Å². The van der Waals surface area contributed by atoms with E-state index in [-0.39, 0.29) is 0 Å². The summed E-state index contributed by atoms with van der Waals surface area (Å²) in [6.45, 7) is 0. The molecule has 13 radical (unpaired) electrons. The van der Waals surface area contributed by atoms with Gasteiger partial charge in [0.05, 0.1) is 0 Å². The van der Waals surface area contributed by atoms with Crippen molar-refractivity contribution in [1.29, 1.82) is 0 Å². The van der Waals surface area contributed by atoms with E-state index in [4.69, 9.17) is 15.5 Å². The Bertz CT molecular complexity index is 49.1. The fraction of sp³-hybridized carbons (Fsp3) is 0. The van der Waals surface area contributed by atoms with Crippen LogP contribution in [0.15, 0.2) is 0 Å². The van der Waals surface area contributed by atoms with Crippen LogP contribution in [0.4, 0.5) is 0 Å². The largest absolute Gasteiger partial charge is 0 e. The lowest BCUT2D eigenvalue weighted by Gasteiger charge is -1.93. The minimum Gasteiger partial charge on any atom is 0 e. The second kappa shape index (κ2) is 10.7. The highest BCUT2D eigenvalue weighted by Gasteiger charge is 1.94. The number of rotatable bonds is 8. The summed E-state index contributed by atoms with van der Waals surface area (Å²) in [5.41, 5.74) is 0. The van der Waals surface area contributed by atoms with Crippen LogP contribution in [0.2, 0.25) is 0 Å². The van der Waals surface area contributed by atoms with Gasteiger partial charge < -0.3 is 0 Å². The van der Waals surface area contributed by atoms with Gasteiger partial charge in [-0.05, 0) is 0 Å². The van der Waals surface area contributed by atoms with Gasteiger partial charge in [-0.1, -0.05) is 0 Å². The highest BCUT2D eigenvalue weighted by atomic mass is 12.8. The second-order valence-corrected chi connectivity index (χ2v) is 1.73. The zero-order chi connectivity index (χ0) is 8.36. The number of hydrogen-bond donors (Lipinski definition) is 0. The van der Waals surface area contributed by atoms with E-state index >= 15 is 0 Å². The topological polar surface area (TPSA) is 0 Å². The summed E-state index contributed by atoms with van der Waals surface area (Å²) in [5.74, 6) is 0. The smallest absolute Gasteiger partial charge is 0 e. The third-order valence-electron chi connectivity index (χ3n) is 0.889. The fourth-order valence-electron chi connectivity index (χ4n) is 0.449. The molecule has 0 aromatic heterocycles. The lowest BCUT2D eigenvalue weighted by atomic mass is 8.88. The van der Waals surface area contributed by atoms with Gasteiger partial charge >= 0.3 is 0 Å². The van der Waals surface area contributed by atoms with E-state index in [0.717, 1.165) is 0 Å². The molecule has 0 saturated heterocycles. The van der Waals surface area contributed by atoms with Crippen molar-refractivity contribution in [2.75, 3.05) is 0 Å². The Kier molecular flexibility index (Phi) is 11.4. The Labute approximate surface area is 79.4 Å². The lowest BCUT2D eigenvalue weighted by molar-refractivity contribution is 3.82. The van der Waals surface area contributed by atoms with E-state index in [0.29, 0.717) is 0 Å². The predicted molar refractivity (Wildman–Crippen MR) is 63.3 cm³/mol. The van der Waals surface area contributed by atoms with Crippen molar-refractivity contribution in [3.8, 4) is 0 Å². The normalized spacial score (nSPS) is 6.91. The summed E-state index contributed by atoms with van der Waals surface area (Å²) in [4.78, 5) is 0. The van der Waals surface area contributed by atoms with E-state index in [9.17, 15) is 0 Å². The van der Waals surface area contributed by atoms with Gasteiger partial charge in [0, 0.05) is 79.0 Å². The molecule has 0 aromatic rings. The maximum Gasteiger partial charge on any atom is 0 e. The molecule has 0 fully saturated rings. The molecular weight excluding hydrogens is 119 g/mol. The van der Waals surface area contributed by atoms with Crippen molar-refractivity contribution >= 4 is 79.0 Å². The maximum atomic E-state index is 5.10. The molecule has 0 aromatic carbocycles. The Morgan fingerprint density at radius 1 is 0.455 bits per heavy atom. The average molecular weight is 119 g/mol. The quantitative estimate of drug-likeness (QED) is 0.224. The standard InChI is InChI=1S/B11/c1-3-5-7-9-11-10-8-6-4-2. The van der Waals surface area contributed by atoms with Crippen LogP contribution in [-0.2, 0) is 0 Å². The van der Waals surface area contributed by atoms with Gasteiger partial charge in [-0.15, -0.1) is 0 Å². The van der Waals surface area contributed by atoms with Gasteiger partial charge in [-0.2, -0.15) is 0 Å². The summed E-state index contributed by atoms with van der Waals surface area (Å²) >= 11 is 0. The van der Waals surface area contributed by atoms with Crippen LogP contribution in [-0.4, -0.2) is 79.0 Å². The van der Waals surface area contributed by atoms with Crippen LogP contribution in [0.5, 0.6) is 0 Å². The van der Waals surface area contributed by atoms with Crippen LogP contribution in [0.3, 0.4) is 0 Å². The molecule has 0 aliphatic carbocycles. The Balaban J connectivity index is 2.69. The molecule has 0 atom stereocenters. The molecule has 11 heavy (non-hydrogen) atoms. The molecule has 0 rings (SSSR count). The average Bonchev–Trinajstić information content (AvgIpc) is 2.03. The summed E-state index contributed by atoms with van der Waals surface area (Å²) in [7, 11) is 26.0. The predicted octanol–water partition coefficient (Wildman–Crippen LogP) is -4.19. The zero-order valence-electron chi connectivity index (χ0n) is 6.35. The summed E-state index contributed by atoms with van der Waals surface area (Å²) < 4.78 is 0. The molecule has 0 aliphatic heterocycles. The van der Waals surface area contributed by atoms with Gasteiger partial charge in [-0.25, -0.2) is 0 Å². The fourth-order valence-corrected chi connectivity index (χ4v) is 0.449. The van der Waals surface area contributed by atoms with Gasteiger partial charge in [0.25, 0.3) is 0 Å². The summed E-state index contributed by atoms with van der Waals surface area (Å²) in [5, 5.41) is 0. The lowest BCUT2D eigenvalue weighted by Crippen LogP contribution is -2.31.